The summed E-state index contributed by atoms with van der Waals surface area (Å²) in [5.74, 6) is 0. The van der Waals surface area contributed by atoms with Crippen molar-refractivity contribution in [1.29, 1.82) is 0 Å². The van der Waals surface area contributed by atoms with Gasteiger partial charge in [0.1, 0.15) is 5.02 Å². The van der Waals surface area contributed by atoms with Gasteiger partial charge in [-0.2, -0.15) is 5.10 Å². The van der Waals surface area contributed by atoms with Gasteiger partial charge in [-0.25, -0.2) is 4.68 Å². The van der Waals surface area contributed by atoms with Crippen molar-refractivity contribution in [3.63, 3.8) is 0 Å². The molecule has 0 aromatic carbocycles. The predicted molar refractivity (Wildman–Crippen MR) is 85.9 cm³/mol. The van der Waals surface area contributed by atoms with Crippen molar-refractivity contribution in [2.45, 2.75) is 33.7 Å². The van der Waals surface area contributed by atoms with Crippen LogP contribution >= 0.6 is 11.6 Å². The topological polar surface area (TPSA) is 84.4 Å². The maximum absolute atomic E-state index is 12.1. The highest BCUT2D eigenvalue weighted by Gasteiger charge is 2.23. The van der Waals surface area contributed by atoms with Gasteiger partial charge in [0.25, 0.3) is 5.56 Å². The van der Waals surface area contributed by atoms with Crippen molar-refractivity contribution >= 4 is 17.3 Å². The summed E-state index contributed by atoms with van der Waals surface area (Å²) in [5.41, 5.74) is 5.95. The molecule has 3 N–H and O–H groups in total. The number of halogens is 1. The van der Waals surface area contributed by atoms with Gasteiger partial charge < -0.3 is 15.7 Å². The van der Waals surface area contributed by atoms with E-state index in [4.69, 9.17) is 22.4 Å². The first kappa shape index (κ1) is 17.9. The Balaban J connectivity index is 3.14. The van der Waals surface area contributed by atoms with Crippen LogP contribution in [0.15, 0.2) is 11.0 Å². The zero-order chi connectivity index (χ0) is 16.0. The molecule has 1 aromatic rings. The molecule has 1 aromatic heterocycles. The molecule has 0 amide bonds. The SMILES string of the molecule is CCCN(CC(C)(C)CN)c1cnn(CCO)c(=O)c1Cl. The largest absolute Gasteiger partial charge is 0.394 e. The Morgan fingerprint density at radius 2 is 2.19 bits per heavy atom. The van der Waals surface area contributed by atoms with E-state index in [2.05, 4.69) is 25.9 Å². The van der Waals surface area contributed by atoms with Crippen LogP contribution in [0.2, 0.25) is 5.02 Å². The minimum absolute atomic E-state index is 0.0849. The summed E-state index contributed by atoms with van der Waals surface area (Å²) in [6.07, 6.45) is 2.51. The van der Waals surface area contributed by atoms with Gasteiger partial charge in [0.05, 0.1) is 25.0 Å². The zero-order valence-corrected chi connectivity index (χ0v) is 13.7. The van der Waals surface area contributed by atoms with Gasteiger partial charge in [-0.05, 0) is 18.4 Å². The molecule has 0 spiro atoms. The Kier molecular flexibility index (Phi) is 6.64. The van der Waals surface area contributed by atoms with Gasteiger partial charge in [-0.1, -0.05) is 32.4 Å². The lowest BCUT2D eigenvalue weighted by Gasteiger charge is -2.33. The molecule has 0 atom stereocenters. The molecule has 0 aliphatic carbocycles. The average Bonchev–Trinajstić information content (AvgIpc) is 2.44. The molecule has 6 nitrogen and oxygen atoms in total. The summed E-state index contributed by atoms with van der Waals surface area (Å²) in [4.78, 5) is 14.2. The molecule has 0 aliphatic heterocycles. The first-order chi connectivity index (χ1) is 9.86. The van der Waals surface area contributed by atoms with E-state index < -0.39 is 0 Å². The molecular weight excluding hydrogens is 292 g/mol. The Labute approximate surface area is 130 Å². The first-order valence-electron chi connectivity index (χ1n) is 7.17. The summed E-state index contributed by atoms with van der Waals surface area (Å²) in [6, 6.07) is 0. The lowest BCUT2D eigenvalue weighted by Crippen LogP contribution is -2.40. The van der Waals surface area contributed by atoms with E-state index in [1.807, 2.05) is 4.90 Å². The lowest BCUT2D eigenvalue weighted by molar-refractivity contribution is 0.266. The maximum Gasteiger partial charge on any atom is 0.287 e. The van der Waals surface area contributed by atoms with Gasteiger partial charge in [-0.15, -0.1) is 0 Å². The third-order valence-corrected chi connectivity index (χ3v) is 3.64. The van der Waals surface area contributed by atoms with Crippen LogP contribution in [0.25, 0.3) is 0 Å². The second-order valence-corrected chi connectivity index (χ2v) is 6.26. The minimum Gasteiger partial charge on any atom is -0.394 e. The van der Waals surface area contributed by atoms with Crippen LogP contribution in [-0.2, 0) is 6.54 Å². The normalized spacial score (nSPS) is 11.7. The number of aromatic nitrogens is 2. The van der Waals surface area contributed by atoms with Crippen LogP contribution in [0, 0.1) is 5.41 Å². The number of aliphatic hydroxyl groups is 1. The summed E-state index contributed by atoms with van der Waals surface area (Å²) in [5, 5.41) is 13.1. The van der Waals surface area contributed by atoms with E-state index in [0.29, 0.717) is 18.8 Å². The quantitative estimate of drug-likeness (QED) is 0.750. The standard InChI is InChI=1S/C14H25ClN4O2/c1-4-5-18(10-14(2,3)9-16)11-8-17-19(6-7-20)13(21)12(11)15/h8,20H,4-7,9-10,16H2,1-3H3. The monoisotopic (exact) mass is 316 g/mol. The molecule has 0 unspecified atom stereocenters. The number of anilines is 1. The molecule has 0 fully saturated rings. The number of rotatable bonds is 8. The molecular formula is C14H25ClN4O2. The van der Waals surface area contributed by atoms with Gasteiger partial charge in [-0.3, -0.25) is 4.79 Å². The van der Waals surface area contributed by atoms with E-state index >= 15 is 0 Å². The molecule has 0 bridgehead atoms. The lowest BCUT2D eigenvalue weighted by atomic mass is 9.93. The summed E-state index contributed by atoms with van der Waals surface area (Å²) >= 11 is 6.21. The zero-order valence-electron chi connectivity index (χ0n) is 13.0. The van der Waals surface area contributed by atoms with E-state index in [-0.39, 0.29) is 29.1 Å². The van der Waals surface area contributed by atoms with Crippen molar-refractivity contribution in [2.24, 2.45) is 11.1 Å². The second kappa shape index (κ2) is 7.77. The van der Waals surface area contributed by atoms with Crippen molar-refractivity contribution < 1.29 is 5.11 Å². The van der Waals surface area contributed by atoms with Crippen LogP contribution in [0.5, 0.6) is 0 Å². The molecule has 1 rings (SSSR count). The highest BCUT2D eigenvalue weighted by molar-refractivity contribution is 6.33. The molecule has 0 radical (unpaired) electrons. The van der Waals surface area contributed by atoms with Crippen molar-refractivity contribution in [2.75, 3.05) is 31.1 Å². The van der Waals surface area contributed by atoms with Gasteiger partial charge in [0, 0.05) is 13.1 Å². The van der Waals surface area contributed by atoms with Crippen LogP contribution in [0.4, 0.5) is 5.69 Å². The Morgan fingerprint density at radius 3 is 2.71 bits per heavy atom. The second-order valence-electron chi connectivity index (χ2n) is 5.89. The number of hydrogen-bond acceptors (Lipinski definition) is 5. The van der Waals surface area contributed by atoms with E-state index in [9.17, 15) is 4.79 Å². The Morgan fingerprint density at radius 1 is 1.52 bits per heavy atom. The van der Waals surface area contributed by atoms with E-state index in [1.165, 1.54) is 4.68 Å². The molecule has 21 heavy (non-hydrogen) atoms. The van der Waals surface area contributed by atoms with Gasteiger partial charge >= 0.3 is 0 Å². The van der Waals surface area contributed by atoms with Crippen molar-refractivity contribution in [3.05, 3.63) is 21.6 Å². The average molecular weight is 317 g/mol. The number of hydrogen-bond donors (Lipinski definition) is 2. The fraction of sp³-hybridized carbons (Fsp3) is 0.714. The molecule has 1 heterocycles. The first-order valence-corrected chi connectivity index (χ1v) is 7.55. The van der Waals surface area contributed by atoms with Crippen LogP contribution in [0.3, 0.4) is 0 Å². The Bertz CT molecular complexity index is 516. The highest BCUT2D eigenvalue weighted by Crippen LogP contribution is 2.25. The summed E-state index contributed by atoms with van der Waals surface area (Å²) < 4.78 is 1.17. The Hall–Kier alpha value is -1.11. The molecule has 7 heteroatoms. The van der Waals surface area contributed by atoms with Crippen molar-refractivity contribution in [3.8, 4) is 0 Å². The van der Waals surface area contributed by atoms with Crippen LogP contribution in [0.1, 0.15) is 27.2 Å². The van der Waals surface area contributed by atoms with Gasteiger partial charge in [0.15, 0.2) is 0 Å². The fourth-order valence-electron chi connectivity index (χ4n) is 2.07. The number of nitrogens with zero attached hydrogens (tertiary/aromatic N) is 3. The third-order valence-electron chi connectivity index (χ3n) is 3.28. The van der Waals surface area contributed by atoms with Crippen molar-refractivity contribution in [1.82, 2.24) is 9.78 Å². The van der Waals surface area contributed by atoms with Crippen LogP contribution in [-0.4, -0.2) is 41.1 Å². The molecule has 0 saturated heterocycles. The van der Waals surface area contributed by atoms with E-state index in [1.54, 1.807) is 6.20 Å². The smallest absolute Gasteiger partial charge is 0.287 e. The molecule has 0 saturated carbocycles. The van der Waals surface area contributed by atoms with Gasteiger partial charge in [0.2, 0.25) is 0 Å². The van der Waals surface area contributed by atoms with E-state index in [0.717, 1.165) is 13.0 Å². The maximum atomic E-state index is 12.1. The molecule has 0 aliphatic rings. The minimum atomic E-state index is -0.380. The fourth-order valence-corrected chi connectivity index (χ4v) is 2.33. The number of nitrogens with two attached hydrogens (primary N) is 1. The predicted octanol–water partition coefficient (Wildman–Crippen LogP) is 1.09. The summed E-state index contributed by atoms with van der Waals surface area (Å²) in [7, 11) is 0. The third kappa shape index (κ3) is 4.69. The summed E-state index contributed by atoms with van der Waals surface area (Å²) in [6.45, 7) is 8.21. The highest BCUT2D eigenvalue weighted by atomic mass is 35.5. The number of aliphatic hydroxyl groups excluding tert-OH is 1. The molecule has 120 valence electrons. The van der Waals surface area contributed by atoms with Crippen LogP contribution < -0.4 is 16.2 Å².